The molecule has 0 aliphatic rings. The molecule has 0 radical (unpaired) electrons. The van der Waals surface area contributed by atoms with E-state index in [-0.39, 0.29) is 5.82 Å². The summed E-state index contributed by atoms with van der Waals surface area (Å²) in [5.74, 6) is -0.294. The maximum Gasteiger partial charge on any atom is 0.123 e. The summed E-state index contributed by atoms with van der Waals surface area (Å²) >= 11 is 4.85. The van der Waals surface area contributed by atoms with Crippen LogP contribution in [0.15, 0.2) is 39.5 Å². The first-order valence-corrected chi connectivity index (χ1v) is 6.01. The van der Waals surface area contributed by atoms with E-state index in [1.807, 2.05) is 11.4 Å². The van der Waals surface area contributed by atoms with Crippen LogP contribution in [-0.4, -0.2) is 5.11 Å². The van der Waals surface area contributed by atoms with Gasteiger partial charge in [-0.1, -0.05) is 12.1 Å². The minimum atomic E-state index is -0.687. The number of hydrogen-bond donors (Lipinski definition) is 1. The quantitative estimate of drug-likeness (QED) is 0.892. The van der Waals surface area contributed by atoms with Crippen LogP contribution in [-0.2, 0) is 0 Å². The van der Waals surface area contributed by atoms with Gasteiger partial charge in [0.15, 0.2) is 0 Å². The van der Waals surface area contributed by atoms with Crippen LogP contribution >= 0.6 is 27.3 Å². The molecule has 1 nitrogen and oxygen atoms in total. The second kappa shape index (κ2) is 4.43. The molecule has 0 aliphatic heterocycles. The highest BCUT2D eigenvalue weighted by Crippen LogP contribution is 2.29. The number of thiophene rings is 1. The zero-order valence-electron chi connectivity index (χ0n) is 7.65. The van der Waals surface area contributed by atoms with Gasteiger partial charge in [0.1, 0.15) is 11.9 Å². The third kappa shape index (κ3) is 2.45. The van der Waals surface area contributed by atoms with Gasteiger partial charge in [0.05, 0.1) is 3.79 Å². The van der Waals surface area contributed by atoms with Gasteiger partial charge in [0.25, 0.3) is 0 Å². The summed E-state index contributed by atoms with van der Waals surface area (Å²) in [6.45, 7) is 0. The Kier molecular flexibility index (Phi) is 3.19. The van der Waals surface area contributed by atoms with Gasteiger partial charge in [-0.3, -0.25) is 0 Å². The van der Waals surface area contributed by atoms with Crippen LogP contribution in [0.2, 0.25) is 0 Å². The number of aliphatic hydroxyl groups is 1. The minimum absolute atomic E-state index is 0.294. The molecule has 1 atom stereocenters. The minimum Gasteiger partial charge on any atom is -0.384 e. The van der Waals surface area contributed by atoms with Crippen LogP contribution in [0.5, 0.6) is 0 Å². The molecule has 0 aliphatic carbocycles. The molecule has 1 aromatic carbocycles. The Labute approximate surface area is 99.3 Å². The predicted octanol–water partition coefficient (Wildman–Crippen LogP) is 3.73. The van der Waals surface area contributed by atoms with E-state index in [2.05, 4.69) is 15.9 Å². The van der Waals surface area contributed by atoms with Crippen molar-refractivity contribution in [1.82, 2.24) is 0 Å². The molecule has 4 heteroatoms. The van der Waals surface area contributed by atoms with Crippen molar-refractivity contribution in [2.75, 3.05) is 0 Å². The Hall–Kier alpha value is -0.710. The number of hydrogen-bond acceptors (Lipinski definition) is 2. The standard InChI is InChI=1S/C11H8BrFOS/c12-10-5-8(6-15-10)11(14)7-1-3-9(13)4-2-7/h1-6,11,14H. The Balaban J connectivity index is 2.28. The first-order valence-electron chi connectivity index (χ1n) is 4.34. The molecule has 2 aromatic rings. The van der Waals surface area contributed by atoms with E-state index < -0.39 is 6.10 Å². The molecule has 0 saturated carbocycles. The van der Waals surface area contributed by atoms with Crippen molar-refractivity contribution in [3.8, 4) is 0 Å². The van der Waals surface area contributed by atoms with Crippen molar-refractivity contribution in [3.63, 3.8) is 0 Å². The number of halogens is 2. The van der Waals surface area contributed by atoms with Gasteiger partial charge < -0.3 is 5.11 Å². The van der Waals surface area contributed by atoms with E-state index in [1.165, 1.54) is 23.5 Å². The maximum atomic E-state index is 12.7. The Morgan fingerprint density at radius 1 is 1.20 bits per heavy atom. The Morgan fingerprint density at radius 2 is 1.87 bits per heavy atom. The van der Waals surface area contributed by atoms with Crippen LogP contribution in [0, 0.1) is 5.82 Å². The van der Waals surface area contributed by atoms with Gasteiger partial charge in [0.2, 0.25) is 0 Å². The molecular formula is C11H8BrFOS. The van der Waals surface area contributed by atoms with E-state index in [0.717, 1.165) is 9.35 Å². The lowest BCUT2D eigenvalue weighted by Gasteiger charge is -2.08. The summed E-state index contributed by atoms with van der Waals surface area (Å²) in [4.78, 5) is 0. The summed E-state index contributed by atoms with van der Waals surface area (Å²) in [7, 11) is 0. The van der Waals surface area contributed by atoms with E-state index >= 15 is 0 Å². The van der Waals surface area contributed by atoms with Gasteiger partial charge in [-0.15, -0.1) is 11.3 Å². The zero-order chi connectivity index (χ0) is 10.8. The molecule has 1 unspecified atom stereocenters. The van der Waals surface area contributed by atoms with Gasteiger partial charge in [-0.2, -0.15) is 0 Å². The largest absolute Gasteiger partial charge is 0.384 e. The van der Waals surface area contributed by atoms with Crippen molar-refractivity contribution in [2.45, 2.75) is 6.10 Å². The van der Waals surface area contributed by atoms with Crippen LogP contribution in [0.1, 0.15) is 17.2 Å². The fourth-order valence-corrected chi connectivity index (χ4v) is 2.50. The average Bonchev–Trinajstić information content (AvgIpc) is 2.65. The molecule has 0 fully saturated rings. The Morgan fingerprint density at radius 3 is 2.40 bits per heavy atom. The lowest BCUT2D eigenvalue weighted by atomic mass is 10.0. The number of benzene rings is 1. The molecule has 0 bridgehead atoms. The normalized spacial score (nSPS) is 12.7. The molecule has 0 spiro atoms. The van der Waals surface area contributed by atoms with Crippen LogP contribution < -0.4 is 0 Å². The lowest BCUT2D eigenvalue weighted by molar-refractivity contribution is 0.220. The SMILES string of the molecule is OC(c1ccc(F)cc1)c1csc(Br)c1. The van der Waals surface area contributed by atoms with Crippen molar-refractivity contribution < 1.29 is 9.50 Å². The van der Waals surface area contributed by atoms with Crippen molar-refractivity contribution in [3.05, 3.63) is 56.4 Å². The summed E-state index contributed by atoms with van der Waals surface area (Å²) in [6, 6.07) is 7.73. The van der Waals surface area contributed by atoms with E-state index in [0.29, 0.717) is 5.56 Å². The number of rotatable bonds is 2. The van der Waals surface area contributed by atoms with Gasteiger partial charge in [0, 0.05) is 0 Å². The van der Waals surface area contributed by atoms with Crippen LogP contribution in [0.4, 0.5) is 4.39 Å². The highest BCUT2D eigenvalue weighted by molar-refractivity contribution is 9.11. The molecule has 0 saturated heterocycles. The van der Waals surface area contributed by atoms with Crippen LogP contribution in [0.25, 0.3) is 0 Å². The molecule has 2 rings (SSSR count). The summed E-state index contributed by atoms with van der Waals surface area (Å²) in [5.41, 5.74) is 1.51. The molecule has 0 amide bonds. The topological polar surface area (TPSA) is 20.2 Å². The van der Waals surface area contributed by atoms with Crippen molar-refractivity contribution >= 4 is 27.3 Å². The monoisotopic (exact) mass is 286 g/mol. The van der Waals surface area contributed by atoms with Gasteiger partial charge in [-0.05, 0) is 50.6 Å². The molecule has 1 aromatic heterocycles. The summed E-state index contributed by atoms with van der Waals surface area (Å²) in [5, 5.41) is 11.8. The third-order valence-electron chi connectivity index (χ3n) is 2.09. The molecule has 78 valence electrons. The summed E-state index contributed by atoms with van der Waals surface area (Å²) < 4.78 is 13.6. The fraction of sp³-hybridized carbons (Fsp3) is 0.0909. The fourth-order valence-electron chi connectivity index (χ4n) is 1.30. The average molecular weight is 287 g/mol. The third-order valence-corrected chi connectivity index (χ3v) is 3.61. The molecule has 1 N–H and O–H groups in total. The highest BCUT2D eigenvalue weighted by atomic mass is 79.9. The smallest absolute Gasteiger partial charge is 0.123 e. The van der Waals surface area contributed by atoms with Gasteiger partial charge >= 0.3 is 0 Å². The second-order valence-corrected chi connectivity index (χ2v) is 5.43. The first-order chi connectivity index (χ1) is 7.16. The van der Waals surface area contributed by atoms with E-state index in [1.54, 1.807) is 12.1 Å². The predicted molar refractivity (Wildman–Crippen MR) is 62.5 cm³/mol. The maximum absolute atomic E-state index is 12.7. The van der Waals surface area contributed by atoms with Gasteiger partial charge in [-0.25, -0.2) is 4.39 Å². The number of aliphatic hydroxyl groups excluding tert-OH is 1. The van der Waals surface area contributed by atoms with E-state index in [9.17, 15) is 9.50 Å². The molecule has 1 heterocycles. The second-order valence-electron chi connectivity index (χ2n) is 3.14. The zero-order valence-corrected chi connectivity index (χ0v) is 10.1. The lowest BCUT2D eigenvalue weighted by Crippen LogP contribution is -1.97. The Bertz CT molecular complexity index is 452. The summed E-state index contributed by atoms with van der Waals surface area (Å²) in [6.07, 6.45) is -0.687. The highest BCUT2D eigenvalue weighted by Gasteiger charge is 2.11. The van der Waals surface area contributed by atoms with Crippen molar-refractivity contribution in [1.29, 1.82) is 0 Å². The molecular weight excluding hydrogens is 279 g/mol. The van der Waals surface area contributed by atoms with E-state index in [4.69, 9.17) is 0 Å². The molecule has 15 heavy (non-hydrogen) atoms. The van der Waals surface area contributed by atoms with Crippen molar-refractivity contribution in [2.24, 2.45) is 0 Å². The first kappa shape index (κ1) is 10.8. The van der Waals surface area contributed by atoms with Crippen LogP contribution in [0.3, 0.4) is 0 Å².